The fourth-order valence-electron chi connectivity index (χ4n) is 5.37. The van der Waals surface area contributed by atoms with Gasteiger partial charge in [0.25, 0.3) is 5.56 Å². The predicted octanol–water partition coefficient (Wildman–Crippen LogP) is 4.18. The maximum absolute atomic E-state index is 15.2. The molecule has 0 radical (unpaired) electrons. The molecule has 4 aromatic heterocycles. The summed E-state index contributed by atoms with van der Waals surface area (Å²) in [6.07, 6.45) is 2.07. The van der Waals surface area contributed by atoms with Crippen LogP contribution in [0.1, 0.15) is 24.5 Å². The Morgan fingerprint density at radius 2 is 2.03 bits per heavy atom. The van der Waals surface area contributed by atoms with Crippen LogP contribution in [0.5, 0.6) is 0 Å². The number of aromatic nitrogens is 8. The van der Waals surface area contributed by atoms with Crippen molar-refractivity contribution in [1.82, 2.24) is 39.9 Å². The van der Waals surface area contributed by atoms with E-state index in [9.17, 15) is 4.79 Å². The summed E-state index contributed by atoms with van der Waals surface area (Å²) in [5.74, 6) is -0.0101. The number of nitrogens with zero attached hydrogens (tertiary/aromatic N) is 7. The minimum Gasteiger partial charge on any atom is -0.380 e. The van der Waals surface area contributed by atoms with Gasteiger partial charge in [-0.15, -0.1) is 5.10 Å². The monoisotopic (exact) mass is 543 g/mol. The first-order valence-corrected chi connectivity index (χ1v) is 12.4. The van der Waals surface area contributed by atoms with Crippen molar-refractivity contribution in [2.45, 2.75) is 19.4 Å². The van der Waals surface area contributed by atoms with Gasteiger partial charge in [-0.25, -0.2) is 4.98 Å². The van der Waals surface area contributed by atoms with Crippen molar-refractivity contribution in [2.24, 2.45) is 5.92 Å². The Balaban J connectivity index is 1.30. The highest BCUT2D eigenvalue weighted by atomic mass is 35.5. The fourth-order valence-corrected chi connectivity index (χ4v) is 5.54. The summed E-state index contributed by atoms with van der Waals surface area (Å²) in [6, 6.07) is 13.4. The number of nitrogens with two attached hydrogens (primary N) is 1. The van der Waals surface area contributed by atoms with Crippen molar-refractivity contribution in [2.75, 3.05) is 5.73 Å². The van der Waals surface area contributed by atoms with Gasteiger partial charge in [-0.2, -0.15) is 9.07 Å². The van der Waals surface area contributed by atoms with Crippen LogP contribution < -0.4 is 11.3 Å². The molecule has 11 nitrogen and oxygen atoms in total. The van der Waals surface area contributed by atoms with E-state index in [-0.39, 0.29) is 23.0 Å². The highest BCUT2D eigenvalue weighted by Crippen LogP contribution is 2.38. The number of aromatic amines is 1. The molecule has 6 aromatic rings. The molecule has 3 N–H and O–H groups in total. The van der Waals surface area contributed by atoms with Gasteiger partial charge in [0.15, 0.2) is 11.4 Å². The van der Waals surface area contributed by atoms with Gasteiger partial charge < -0.3 is 19.8 Å². The number of nitrogens with one attached hydrogen (secondary N) is 1. The zero-order valence-electron chi connectivity index (χ0n) is 20.3. The summed E-state index contributed by atoms with van der Waals surface area (Å²) in [5, 5.41) is 16.3. The Hall–Kier alpha value is -4.84. The highest BCUT2D eigenvalue weighted by molar-refractivity contribution is 6.31. The molecule has 0 amide bonds. The van der Waals surface area contributed by atoms with Crippen LogP contribution in [-0.4, -0.2) is 39.9 Å². The molecule has 0 spiro atoms. The number of hydrogen-bond donors (Lipinski definition) is 2. The van der Waals surface area contributed by atoms with E-state index in [2.05, 4.69) is 30.7 Å². The quantitative estimate of drug-likeness (QED) is 0.336. The molecule has 0 unspecified atom stereocenters. The molecular formula is C26H19ClFN9O2. The molecule has 0 aliphatic carbocycles. The van der Waals surface area contributed by atoms with Gasteiger partial charge in [0.1, 0.15) is 17.8 Å². The summed E-state index contributed by atoms with van der Waals surface area (Å²) < 4.78 is 23.6. The summed E-state index contributed by atoms with van der Waals surface area (Å²) in [6.45, 7) is 2.01. The lowest BCUT2D eigenvalue weighted by atomic mass is 10.0. The zero-order valence-corrected chi connectivity index (χ0v) is 21.1. The molecule has 2 atom stereocenters. The number of nitrogen functional groups attached to an aromatic ring is 1. The topological polar surface area (TPSA) is 146 Å². The maximum atomic E-state index is 15.2. The van der Waals surface area contributed by atoms with Gasteiger partial charge in [-0.3, -0.25) is 4.79 Å². The Morgan fingerprint density at radius 1 is 1.15 bits per heavy atom. The van der Waals surface area contributed by atoms with Crippen LogP contribution in [0.2, 0.25) is 5.02 Å². The normalized spacial score (nSPS) is 16.7. The number of tetrazole rings is 1. The molecule has 1 aliphatic heterocycles. The minimum atomic E-state index is -0.604. The van der Waals surface area contributed by atoms with Crippen molar-refractivity contribution in [3.8, 4) is 28.1 Å². The van der Waals surface area contributed by atoms with E-state index in [0.717, 1.165) is 5.69 Å². The third-order valence-corrected chi connectivity index (χ3v) is 7.33. The first-order valence-electron chi connectivity index (χ1n) is 12.1. The van der Waals surface area contributed by atoms with Gasteiger partial charge >= 0.3 is 0 Å². The molecule has 0 saturated heterocycles. The van der Waals surface area contributed by atoms with E-state index in [1.807, 2.05) is 13.0 Å². The van der Waals surface area contributed by atoms with Gasteiger partial charge in [-0.05, 0) is 64.7 Å². The largest absolute Gasteiger partial charge is 0.380 e. The number of benzene rings is 2. The molecule has 0 saturated carbocycles. The van der Waals surface area contributed by atoms with Gasteiger partial charge in [0.05, 0.1) is 17.1 Å². The smallest absolute Gasteiger partial charge is 0.252 e. The van der Waals surface area contributed by atoms with Crippen molar-refractivity contribution in [3.05, 3.63) is 87.7 Å². The highest BCUT2D eigenvalue weighted by Gasteiger charge is 2.35. The fraction of sp³-hybridized carbons (Fsp3) is 0.154. The molecule has 194 valence electrons. The second-order valence-corrected chi connectivity index (χ2v) is 9.99. The van der Waals surface area contributed by atoms with E-state index in [1.165, 1.54) is 17.1 Å². The molecule has 2 aromatic carbocycles. The number of anilines is 1. The first kappa shape index (κ1) is 23.3. The Morgan fingerprint density at radius 3 is 2.85 bits per heavy atom. The van der Waals surface area contributed by atoms with Gasteiger partial charge in [0.2, 0.25) is 5.95 Å². The third kappa shape index (κ3) is 3.71. The van der Waals surface area contributed by atoms with Crippen molar-refractivity contribution < 1.29 is 8.91 Å². The predicted molar refractivity (Wildman–Crippen MR) is 141 cm³/mol. The van der Waals surface area contributed by atoms with Crippen LogP contribution in [0.25, 0.3) is 39.0 Å². The maximum Gasteiger partial charge on any atom is 0.252 e. The molecule has 39 heavy (non-hydrogen) atoms. The average molecular weight is 544 g/mol. The van der Waals surface area contributed by atoms with Crippen LogP contribution >= 0.6 is 11.6 Å². The SMILES string of the molecule is C[C@H]1Cc2cc(-c3cc(Cl)ccc3-n3cnnn3)cc(=O)n2[C@@H]1c1nc(-c2ccc3c(N)noc3c2)c(F)[nH]1. The molecule has 5 heterocycles. The molecule has 13 heteroatoms. The molecule has 1 aliphatic rings. The van der Waals surface area contributed by atoms with Gasteiger partial charge in [-0.1, -0.05) is 29.7 Å². The molecular weight excluding hydrogens is 525 g/mol. The Labute approximate surface area is 224 Å². The third-order valence-electron chi connectivity index (χ3n) is 7.09. The minimum absolute atomic E-state index is 0.0266. The van der Waals surface area contributed by atoms with Gasteiger partial charge in [0, 0.05) is 27.9 Å². The second kappa shape index (κ2) is 8.60. The second-order valence-electron chi connectivity index (χ2n) is 9.55. The van der Waals surface area contributed by atoms with Crippen LogP contribution in [-0.2, 0) is 6.42 Å². The van der Waals surface area contributed by atoms with Crippen molar-refractivity contribution >= 4 is 28.4 Å². The van der Waals surface area contributed by atoms with Crippen LogP contribution in [0.3, 0.4) is 0 Å². The summed E-state index contributed by atoms with van der Waals surface area (Å²) in [7, 11) is 0. The van der Waals surface area contributed by atoms with Crippen molar-refractivity contribution in [3.63, 3.8) is 0 Å². The van der Waals surface area contributed by atoms with E-state index in [4.69, 9.17) is 21.9 Å². The summed E-state index contributed by atoms with van der Waals surface area (Å²) >= 11 is 6.30. The summed E-state index contributed by atoms with van der Waals surface area (Å²) in [4.78, 5) is 20.9. The number of rotatable bonds is 4. The van der Waals surface area contributed by atoms with E-state index < -0.39 is 12.0 Å². The zero-order chi connectivity index (χ0) is 26.8. The standard InChI is InChI=1S/C26H19ClFN9O2/c1-12-6-16-7-14(18-10-15(27)3-5-19(18)36-11-30-34-35-36)9-21(38)37(16)23(12)26-31-22(24(28)32-26)13-2-4-17-20(8-13)39-33-25(17)29/h2-5,7-12,23H,6H2,1H3,(H2,29,33)(H,31,32)/t12-,23-/m0/s1. The van der Waals surface area contributed by atoms with E-state index >= 15 is 4.39 Å². The Kier molecular flexibility index (Phi) is 5.13. The number of H-pyrrole nitrogens is 1. The number of fused-ring (bicyclic) bond motifs is 2. The lowest BCUT2D eigenvalue weighted by molar-refractivity contribution is 0.445. The van der Waals surface area contributed by atoms with Crippen LogP contribution in [0, 0.1) is 11.9 Å². The number of imidazole rings is 1. The Bertz CT molecular complexity index is 1940. The molecule has 0 fully saturated rings. The van der Waals surface area contributed by atoms with Crippen LogP contribution in [0.15, 0.2) is 64.2 Å². The lowest BCUT2D eigenvalue weighted by Crippen LogP contribution is -2.26. The molecule has 7 rings (SSSR count). The average Bonchev–Trinajstić information content (AvgIpc) is 3.70. The number of halogens is 2. The van der Waals surface area contributed by atoms with Crippen molar-refractivity contribution in [1.29, 1.82) is 0 Å². The first-order chi connectivity index (χ1) is 18.9. The van der Waals surface area contributed by atoms with E-state index in [0.29, 0.717) is 50.6 Å². The van der Waals surface area contributed by atoms with E-state index in [1.54, 1.807) is 41.0 Å². The van der Waals surface area contributed by atoms with Crippen LogP contribution in [0.4, 0.5) is 10.2 Å². The number of pyridine rings is 1. The lowest BCUT2D eigenvalue weighted by Gasteiger charge is -2.17. The molecule has 0 bridgehead atoms. The summed E-state index contributed by atoms with van der Waals surface area (Å²) in [5.41, 5.74) is 9.48. The number of hydrogen-bond acceptors (Lipinski definition) is 8.